The number of aromatic nitrogens is 1. The van der Waals surface area contributed by atoms with Gasteiger partial charge in [-0.25, -0.2) is 4.98 Å². The molecule has 0 saturated carbocycles. The third-order valence-electron chi connectivity index (χ3n) is 1.70. The molecular weight excluding hydrogens is 278 g/mol. The van der Waals surface area contributed by atoms with Crippen molar-refractivity contribution in [1.29, 1.82) is 0 Å². The van der Waals surface area contributed by atoms with Gasteiger partial charge in [0, 0.05) is 29.6 Å². The Balaban J connectivity index is 2.13. The Morgan fingerprint density at radius 1 is 1.76 bits per heavy atom. The molecule has 1 aromatic heterocycles. The first-order chi connectivity index (χ1) is 8.22. The Hall–Kier alpha value is -0.730. The predicted molar refractivity (Wildman–Crippen MR) is 74.9 cm³/mol. The van der Waals surface area contributed by atoms with E-state index in [0.29, 0.717) is 5.03 Å². The molecular formula is C9H13N3O2S3. The first-order valence-electron chi connectivity index (χ1n) is 4.81. The van der Waals surface area contributed by atoms with E-state index in [4.69, 9.17) is 0 Å². The van der Waals surface area contributed by atoms with Crippen molar-refractivity contribution < 1.29 is 4.92 Å². The summed E-state index contributed by atoms with van der Waals surface area (Å²) >= 11 is 4.75. The number of thioether (sulfide) groups is 2. The minimum absolute atomic E-state index is 0.443. The fourth-order valence-electron chi connectivity index (χ4n) is 0.996. The highest BCUT2D eigenvalue weighted by Gasteiger charge is 2.00. The lowest BCUT2D eigenvalue weighted by Gasteiger charge is -2.05. The van der Waals surface area contributed by atoms with Gasteiger partial charge in [0.1, 0.15) is 10.0 Å². The third-order valence-corrected chi connectivity index (χ3v) is 4.32. The summed E-state index contributed by atoms with van der Waals surface area (Å²) in [5, 5.41) is 17.0. The van der Waals surface area contributed by atoms with Crippen LogP contribution in [0.15, 0.2) is 22.8 Å². The first kappa shape index (κ1) is 14.3. The maximum absolute atomic E-state index is 10.3. The Morgan fingerprint density at radius 2 is 2.59 bits per heavy atom. The highest BCUT2D eigenvalue weighted by molar-refractivity contribution is 8.02. The zero-order valence-corrected chi connectivity index (χ0v) is 11.7. The highest BCUT2D eigenvalue weighted by atomic mass is 32.2. The van der Waals surface area contributed by atoms with Gasteiger partial charge in [0.25, 0.3) is 6.20 Å². The van der Waals surface area contributed by atoms with Crippen LogP contribution < -0.4 is 5.32 Å². The Bertz CT molecular complexity index is 368. The van der Waals surface area contributed by atoms with Gasteiger partial charge < -0.3 is 5.32 Å². The fraction of sp³-hybridized carbons (Fsp3) is 0.444. The van der Waals surface area contributed by atoms with Crippen molar-refractivity contribution >= 4 is 34.9 Å². The minimum atomic E-state index is -0.443. The molecule has 1 rings (SSSR count). The zero-order valence-electron chi connectivity index (χ0n) is 9.29. The van der Waals surface area contributed by atoms with Crippen molar-refractivity contribution in [3.63, 3.8) is 0 Å². The van der Waals surface area contributed by atoms with Gasteiger partial charge in [0.05, 0.1) is 4.92 Å². The molecule has 0 bridgehead atoms. The van der Waals surface area contributed by atoms with Crippen molar-refractivity contribution in [2.24, 2.45) is 0 Å². The minimum Gasteiger partial charge on any atom is -0.374 e. The summed E-state index contributed by atoms with van der Waals surface area (Å²) in [7, 11) is 0. The molecule has 0 aliphatic carbocycles. The van der Waals surface area contributed by atoms with Crippen LogP contribution in [0.25, 0.3) is 0 Å². The molecule has 1 N–H and O–H groups in total. The van der Waals surface area contributed by atoms with E-state index in [0.717, 1.165) is 29.3 Å². The number of hydrogen-bond acceptors (Lipinski definition) is 7. The molecule has 0 aliphatic heterocycles. The smallest absolute Gasteiger partial charge is 0.263 e. The monoisotopic (exact) mass is 291 g/mol. The van der Waals surface area contributed by atoms with Crippen LogP contribution in [0.2, 0.25) is 0 Å². The van der Waals surface area contributed by atoms with Gasteiger partial charge >= 0.3 is 0 Å². The molecule has 0 unspecified atom stereocenters. The maximum atomic E-state index is 10.3. The van der Waals surface area contributed by atoms with Crippen LogP contribution in [0.5, 0.6) is 0 Å². The van der Waals surface area contributed by atoms with Crippen LogP contribution in [0.1, 0.15) is 5.01 Å². The van der Waals surface area contributed by atoms with Gasteiger partial charge in [-0.1, -0.05) is 0 Å². The quantitative estimate of drug-likeness (QED) is 0.450. The average molecular weight is 291 g/mol. The summed E-state index contributed by atoms with van der Waals surface area (Å²) in [4.78, 5) is 14.0. The van der Waals surface area contributed by atoms with Crippen molar-refractivity contribution in [3.05, 3.63) is 37.9 Å². The van der Waals surface area contributed by atoms with Gasteiger partial charge in [-0.2, -0.15) is 11.8 Å². The number of nitrogens with one attached hydrogen (secondary N) is 1. The van der Waals surface area contributed by atoms with Crippen molar-refractivity contribution in [2.45, 2.75) is 5.75 Å². The number of hydrogen-bond donors (Lipinski definition) is 1. The summed E-state index contributed by atoms with van der Waals surface area (Å²) in [6.07, 6.45) is 4.60. The molecule has 0 saturated heterocycles. The molecule has 5 nitrogen and oxygen atoms in total. The van der Waals surface area contributed by atoms with Crippen LogP contribution in [-0.4, -0.2) is 28.5 Å². The second-order valence-corrected chi connectivity index (χ2v) is 5.82. The van der Waals surface area contributed by atoms with E-state index in [1.54, 1.807) is 29.3 Å². The Morgan fingerprint density at radius 3 is 3.18 bits per heavy atom. The van der Waals surface area contributed by atoms with Crippen LogP contribution in [0.4, 0.5) is 0 Å². The van der Waals surface area contributed by atoms with Gasteiger partial charge in [0.2, 0.25) is 0 Å². The summed E-state index contributed by atoms with van der Waals surface area (Å²) in [5.41, 5.74) is 0. The third kappa shape index (κ3) is 6.54. The van der Waals surface area contributed by atoms with E-state index < -0.39 is 4.92 Å². The van der Waals surface area contributed by atoms with E-state index in [9.17, 15) is 10.1 Å². The average Bonchev–Trinajstić information content (AvgIpc) is 2.79. The van der Waals surface area contributed by atoms with Crippen LogP contribution in [0, 0.1) is 10.1 Å². The van der Waals surface area contributed by atoms with E-state index in [1.165, 1.54) is 11.8 Å². The lowest BCUT2D eigenvalue weighted by Crippen LogP contribution is -2.15. The van der Waals surface area contributed by atoms with Crippen molar-refractivity contribution in [1.82, 2.24) is 10.3 Å². The molecule has 0 spiro atoms. The molecule has 0 fully saturated rings. The van der Waals surface area contributed by atoms with Gasteiger partial charge in [-0.05, 0) is 6.26 Å². The molecule has 0 aromatic carbocycles. The highest BCUT2D eigenvalue weighted by Crippen LogP contribution is 2.14. The summed E-state index contributed by atoms with van der Waals surface area (Å²) < 4.78 is 0. The number of thiazole rings is 1. The largest absolute Gasteiger partial charge is 0.374 e. The topological polar surface area (TPSA) is 68.1 Å². The molecule has 0 atom stereocenters. The van der Waals surface area contributed by atoms with Gasteiger partial charge in [-0.15, -0.1) is 23.1 Å². The lowest BCUT2D eigenvalue weighted by molar-refractivity contribution is -0.403. The lowest BCUT2D eigenvalue weighted by atomic mass is 10.7. The predicted octanol–water partition coefficient (Wildman–Crippen LogP) is 2.40. The zero-order chi connectivity index (χ0) is 12.5. The Labute approximate surface area is 112 Å². The van der Waals surface area contributed by atoms with E-state index >= 15 is 0 Å². The molecule has 0 radical (unpaired) electrons. The summed E-state index contributed by atoms with van der Waals surface area (Å²) in [6, 6.07) is 0. The number of nitrogens with zero attached hydrogens (tertiary/aromatic N) is 2. The Kier molecular flexibility index (Phi) is 7.06. The molecule has 94 valence electrons. The van der Waals surface area contributed by atoms with E-state index in [2.05, 4.69) is 10.3 Å². The second-order valence-electron chi connectivity index (χ2n) is 2.89. The van der Waals surface area contributed by atoms with Crippen LogP contribution >= 0.6 is 34.9 Å². The van der Waals surface area contributed by atoms with Crippen molar-refractivity contribution in [2.75, 3.05) is 18.6 Å². The maximum Gasteiger partial charge on any atom is 0.263 e. The molecule has 8 heteroatoms. The van der Waals surface area contributed by atoms with Crippen molar-refractivity contribution in [3.8, 4) is 0 Å². The number of rotatable bonds is 8. The van der Waals surface area contributed by atoms with Crippen LogP contribution in [-0.2, 0) is 5.75 Å². The standard InChI is InChI=1S/C9H13N3O2S3/c1-15-8(6-12(13)14)10-2-4-16-7-9-11-3-5-17-9/h3,5-6,10H,2,4,7H2,1H3/b8-6-. The van der Waals surface area contributed by atoms with Crippen LogP contribution in [0.3, 0.4) is 0 Å². The molecule has 0 amide bonds. The van der Waals surface area contributed by atoms with Gasteiger partial charge in [-0.3, -0.25) is 10.1 Å². The molecule has 17 heavy (non-hydrogen) atoms. The molecule has 1 heterocycles. The molecule has 1 aromatic rings. The van der Waals surface area contributed by atoms with E-state index in [-0.39, 0.29) is 0 Å². The summed E-state index contributed by atoms with van der Waals surface area (Å²) in [6.45, 7) is 0.719. The fourth-order valence-corrected chi connectivity index (χ4v) is 3.00. The second kappa shape index (κ2) is 8.37. The van der Waals surface area contributed by atoms with E-state index in [1.807, 2.05) is 11.6 Å². The molecule has 0 aliphatic rings. The normalized spacial score (nSPS) is 11.5. The summed E-state index contributed by atoms with van der Waals surface area (Å²) in [5.74, 6) is 1.79. The SMILES string of the molecule is CS/C(=C\[N+](=O)[O-])NCCSCc1nccs1. The van der Waals surface area contributed by atoms with Gasteiger partial charge in [0.15, 0.2) is 0 Å². The number of nitro groups is 1. The first-order valence-corrected chi connectivity index (χ1v) is 8.07.